The zero-order chi connectivity index (χ0) is 20.9. The van der Waals surface area contributed by atoms with E-state index in [9.17, 15) is 35.5 Å². The van der Waals surface area contributed by atoms with Crippen LogP contribution in [0, 0.1) is 5.82 Å². The molecule has 2 aromatic carbocycles. The molecule has 1 unspecified atom stereocenters. The minimum absolute atomic E-state index is 0.141. The quantitative estimate of drug-likeness (QED) is 0.671. The van der Waals surface area contributed by atoms with Crippen molar-refractivity contribution in [2.75, 3.05) is 11.9 Å². The van der Waals surface area contributed by atoms with E-state index in [1.54, 1.807) is 0 Å². The van der Waals surface area contributed by atoms with Gasteiger partial charge in [-0.3, -0.25) is 4.79 Å². The Balaban J connectivity index is 1.99. The highest BCUT2D eigenvalue weighted by Crippen LogP contribution is 2.36. The average molecular weight is 411 g/mol. The number of amides is 1. The Hall–Kier alpha value is -2.98. The number of alkyl halides is 6. The minimum atomic E-state index is -5.82. The topological polar surface area (TPSA) is 47.6 Å². The van der Waals surface area contributed by atoms with E-state index in [-0.39, 0.29) is 11.4 Å². The number of anilines is 1. The summed E-state index contributed by atoms with van der Waals surface area (Å²) in [4.78, 5) is 11.8. The monoisotopic (exact) mass is 411 g/mol. The molecule has 0 heterocycles. The molecule has 0 spiro atoms. The molecule has 2 rings (SSSR count). The van der Waals surface area contributed by atoms with Crippen molar-refractivity contribution in [3.05, 3.63) is 54.3 Å². The van der Waals surface area contributed by atoms with Gasteiger partial charge >= 0.3 is 12.3 Å². The third-order valence-electron chi connectivity index (χ3n) is 3.15. The van der Waals surface area contributed by atoms with Gasteiger partial charge < -0.3 is 14.8 Å². The zero-order valence-corrected chi connectivity index (χ0v) is 13.8. The predicted octanol–water partition coefficient (Wildman–Crippen LogP) is 4.72. The Labute approximate surface area is 153 Å². The number of carbonyl (C=O) groups is 1. The van der Waals surface area contributed by atoms with Crippen LogP contribution in [0.15, 0.2) is 48.5 Å². The van der Waals surface area contributed by atoms with Gasteiger partial charge in [-0.25, -0.2) is 8.78 Å². The number of nitrogens with one attached hydrogen (secondary N) is 1. The average Bonchev–Trinajstić information content (AvgIpc) is 2.59. The van der Waals surface area contributed by atoms with Crippen LogP contribution in [0.5, 0.6) is 11.5 Å². The summed E-state index contributed by atoms with van der Waals surface area (Å²) in [6.07, 6.45) is -15.5. The number of carbonyl (C=O) groups excluding carboxylic acids is 1. The Kier molecular flexibility index (Phi) is 6.37. The molecule has 0 aliphatic carbocycles. The highest BCUT2D eigenvalue weighted by molar-refractivity contribution is 5.92. The first-order chi connectivity index (χ1) is 13.0. The molecular formula is C17H12F7NO3. The molecule has 28 heavy (non-hydrogen) atoms. The number of hydrogen-bond acceptors (Lipinski definition) is 3. The largest absolute Gasteiger partial charge is 0.481 e. The highest BCUT2D eigenvalue weighted by Gasteiger charge is 2.59. The third kappa shape index (κ3) is 5.76. The molecule has 0 saturated heterocycles. The number of hydrogen-bond donors (Lipinski definition) is 1. The first kappa shape index (κ1) is 21.3. The maximum Gasteiger partial charge on any atom is 0.439 e. The van der Waals surface area contributed by atoms with Gasteiger partial charge in [0, 0.05) is 11.8 Å². The molecule has 0 saturated carbocycles. The lowest BCUT2D eigenvalue weighted by atomic mass is 10.3. The van der Waals surface area contributed by atoms with E-state index in [1.807, 2.05) is 0 Å². The molecule has 0 aliphatic rings. The van der Waals surface area contributed by atoms with Gasteiger partial charge in [0.25, 0.3) is 12.1 Å². The molecular weight excluding hydrogens is 399 g/mol. The van der Waals surface area contributed by atoms with Crippen molar-refractivity contribution in [2.24, 2.45) is 0 Å². The van der Waals surface area contributed by atoms with Crippen LogP contribution in [0.3, 0.4) is 0 Å². The Morgan fingerprint density at radius 1 is 1.04 bits per heavy atom. The van der Waals surface area contributed by atoms with Crippen molar-refractivity contribution in [3.63, 3.8) is 0 Å². The van der Waals surface area contributed by atoms with Crippen molar-refractivity contribution in [1.29, 1.82) is 0 Å². The lowest BCUT2D eigenvalue weighted by molar-refractivity contribution is -0.304. The number of halogens is 7. The van der Waals surface area contributed by atoms with E-state index < -0.39 is 42.5 Å². The van der Waals surface area contributed by atoms with E-state index in [0.29, 0.717) is 0 Å². The zero-order valence-electron chi connectivity index (χ0n) is 13.8. The summed E-state index contributed by atoms with van der Waals surface area (Å²) in [7, 11) is 0. The van der Waals surface area contributed by atoms with Gasteiger partial charge in [0.1, 0.15) is 5.75 Å². The lowest BCUT2D eigenvalue weighted by Gasteiger charge is -2.23. The summed E-state index contributed by atoms with van der Waals surface area (Å²) in [5.74, 6) is -2.54. The second-order valence-electron chi connectivity index (χ2n) is 5.36. The van der Waals surface area contributed by atoms with E-state index in [2.05, 4.69) is 10.1 Å². The first-order valence-corrected chi connectivity index (χ1v) is 7.54. The maximum absolute atomic E-state index is 13.4. The third-order valence-corrected chi connectivity index (χ3v) is 3.15. The lowest BCUT2D eigenvalue weighted by Crippen LogP contribution is -2.45. The van der Waals surface area contributed by atoms with Crippen molar-refractivity contribution in [3.8, 4) is 11.5 Å². The molecule has 0 aliphatic heterocycles. The normalized spacial score (nSPS) is 13.0. The van der Waals surface area contributed by atoms with Gasteiger partial charge in [-0.15, -0.1) is 0 Å². The van der Waals surface area contributed by atoms with E-state index >= 15 is 0 Å². The van der Waals surface area contributed by atoms with E-state index in [4.69, 9.17) is 4.74 Å². The van der Waals surface area contributed by atoms with Gasteiger partial charge in [-0.2, -0.15) is 22.0 Å². The molecule has 1 N–H and O–H groups in total. The van der Waals surface area contributed by atoms with Crippen LogP contribution in [-0.4, -0.2) is 31.0 Å². The molecule has 4 nitrogen and oxygen atoms in total. The fourth-order valence-corrected chi connectivity index (χ4v) is 1.94. The molecule has 1 atom stereocenters. The smallest absolute Gasteiger partial charge is 0.439 e. The summed E-state index contributed by atoms with van der Waals surface area (Å²) >= 11 is 0. The first-order valence-electron chi connectivity index (χ1n) is 7.54. The Morgan fingerprint density at radius 2 is 1.71 bits per heavy atom. The standard InChI is InChI=1S/C17H12F7NO3/c18-12-6-1-2-7-13(12)27-9-14(26)25-10-4-3-5-11(8-10)28-17(23,24)15(19)16(20,21)22/h1-8,15H,9H2,(H,25,26). The number of benzene rings is 2. The minimum Gasteiger partial charge on any atom is -0.481 e. The van der Waals surface area contributed by atoms with Gasteiger partial charge in [0.2, 0.25) is 0 Å². The van der Waals surface area contributed by atoms with Crippen molar-refractivity contribution >= 4 is 11.6 Å². The molecule has 0 aromatic heterocycles. The summed E-state index contributed by atoms with van der Waals surface area (Å²) in [6, 6.07) is 9.16. The number of ether oxygens (including phenoxy) is 2. The van der Waals surface area contributed by atoms with E-state index in [0.717, 1.165) is 24.3 Å². The summed E-state index contributed by atoms with van der Waals surface area (Å²) < 4.78 is 97.9. The highest BCUT2D eigenvalue weighted by atomic mass is 19.4. The fraction of sp³-hybridized carbons (Fsp3) is 0.235. The fourth-order valence-electron chi connectivity index (χ4n) is 1.94. The summed E-state index contributed by atoms with van der Waals surface area (Å²) in [6.45, 7) is -0.636. The number of rotatable bonds is 7. The SMILES string of the molecule is O=C(COc1ccccc1F)Nc1cccc(OC(F)(F)C(F)C(F)(F)F)c1. The Bertz CT molecular complexity index is 826. The van der Waals surface area contributed by atoms with Crippen LogP contribution >= 0.6 is 0 Å². The van der Waals surface area contributed by atoms with Crippen LogP contribution < -0.4 is 14.8 Å². The molecule has 2 aromatic rings. The van der Waals surface area contributed by atoms with Gasteiger partial charge in [-0.1, -0.05) is 18.2 Å². The van der Waals surface area contributed by atoms with Gasteiger partial charge in [0.15, 0.2) is 18.2 Å². The molecule has 11 heteroatoms. The summed E-state index contributed by atoms with van der Waals surface area (Å²) in [5.41, 5.74) is -0.141. The van der Waals surface area contributed by atoms with Gasteiger partial charge in [0.05, 0.1) is 0 Å². The maximum atomic E-state index is 13.4. The van der Waals surface area contributed by atoms with Crippen molar-refractivity contribution in [2.45, 2.75) is 18.5 Å². The van der Waals surface area contributed by atoms with Crippen LogP contribution in [0.1, 0.15) is 0 Å². The molecule has 1 amide bonds. The number of para-hydroxylation sites is 1. The predicted molar refractivity (Wildman–Crippen MR) is 83.5 cm³/mol. The second kappa shape index (κ2) is 8.36. The molecule has 0 bridgehead atoms. The molecule has 152 valence electrons. The molecule has 0 radical (unpaired) electrons. The second-order valence-corrected chi connectivity index (χ2v) is 5.36. The van der Waals surface area contributed by atoms with Crippen molar-refractivity contribution in [1.82, 2.24) is 0 Å². The van der Waals surface area contributed by atoms with Crippen LogP contribution in [0.4, 0.5) is 36.4 Å². The van der Waals surface area contributed by atoms with Crippen molar-refractivity contribution < 1.29 is 45.0 Å². The van der Waals surface area contributed by atoms with E-state index in [1.165, 1.54) is 24.3 Å². The van der Waals surface area contributed by atoms with Gasteiger partial charge in [-0.05, 0) is 24.3 Å². The summed E-state index contributed by atoms with van der Waals surface area (Å²) in [5, 5.41) is 2.19. The van der Waals surface area contributed by atoms with Crippen LogP contribution in [0.25, 0.3) is 0 Å². The molecule has 0 fully saturated rings. The Morgan fingerprint density at radius 3 is 2.36 bits per heavy atom. The van der Waals surface area contributed by atoms with Crippen LogP contribution in [0.2, 0.25) is 0 Å². The van der Waals surface area contributed by atoms with Crippen LogP contribution in [-0.2, 0) is 4.79 Å².